The van der Waals surface area contributed by atoms with Crippen LogP contribution in [0.15, 0.2) is 35.1 Å². The lowest BCUT2D eigenvalue weighted by Gasteiger charge is -2.27. The second-order valence-corrected chi connectivity index (χ2v) is 4.99. The average Bonchev–Trinajstić information content (AvgIpc) is 2.97. The van der Waals surface area contributed by atoms with Gasteiger partial charge in [0.2, 0.25) is 0 Å². The fourth-order valence-corrected chi connectivity index (χ4v) is 2.35. The van der Waals surface area contributed by atoms with E-state index in [-0.39, 0.29) is 5.91 Å². The number of aryl methyl sites for hydroxylation is 1. The summed E-state index contributed by atoms with van der Waals surface area (Å²) in [5.74, 6) is -0.0108. The standard InChI is InChI=1S/C15H17N3O2/c1-11-2-4-12(5-3-11)14-13(10-20-17-14)15(19)18-8-6-16-7-9-18/h2-5,10,16H,6-9H2,1H3. The van der Waals surface area contributed by atoms with Crippen molar-refractivity contribution in [2.24, 2.45) is 0 Å². The number of amides is 1. The van der Waals surface area contributed by atoms with Crippen LogP contribution in [0, 0.1) is 6.92 Å². The van der Waals surface area contributed by atoms with Gasteiger partial charge in [-0.15, -0.1) is 0 Å². The van der Waals surface area contributed by atoms with Gasteiger partial charge in [0.1, 0.15) is 17.5 Å². The highest BCUT2D eigenvalue weighted by Gasteiger charge is 2.23. The molecule has 1 fully saturated rings. The van der Waals surface area contributed by atoms with Crippen LogP contribution in [0.5, 0.6) is 0 Å². The highest BCUT2D eigenvalue weighted by Crippen LogP contribution is 2.23. The summed E-state index contributed by atoms with van der Waals surface area (Å²) in [6, 6.07) is 7.93. The van der Waals surface area contributed by atoms with Gasteiger partial charge in [-0.3, -0.25) is 4.79 Å². The van der Waals surface area contributed by atoms with Crippen molar-refractivity contribution < 1.29 is 9.32 Å². The van der Waals surface area contributed by atoms with E-state index in [0.717, 1.165) is 31.7 Å². The van der Waals surface area contributed by atoms with Gasteiger partial charge in [0.05, 0.1) is 0 Å². The molecule has 1 aromatic heterocycles. The Kier molecular flexibility index (Phi) is 3.52. The summed E-state index contributed by atoms with van der Waals surface area (Å²) in [7, 11) is 0. The monoisotopic (exact) mass is 271 g/mol. The Balaban J connectivity index is 1.89. The highest BCUT2D eigenvalue weighted by molar-refractivity contribution is 5.99. The molecule has 2 aromatic rings. The second kappa shape index (κ2) is 5.46. The number of nitrogens with one attached hydrogen (secondary N) is 1. The van der Waals surface area contributed by atoms with E-state index in [1.165, 1.54) is 11.8 Å². The third-order valence-corrected chi connectivity index (χ3v) is 3.53. The number of hydrogen-bond acceptors (Lipinski definition) is 4. The molecule has 1 aliphatic rings. The molecule has 2 heterocycles. The van der Waals surface area contributed by atoms with E-state index in [2.05, 4.69) is 10.5 Å². The van der Waals surface area contributed by atoms with E-state index < -0.39 is 0 Å². The van der Waals surface area contributed by atoms with Crippen molar-refractivity contribution in [3.05, 3.63) is 41.7 Å². The average molecular weight is 271 g/mol. The summed E-state index contributed by atoms with van der Waals surface area (Å²) in [5.41, 5.74) is 3.24. The first kappa shape index (κ1) is 12.9. The molecule has 20 heavy (non-hydrogen) atoms. The normalized spacial score (nSPS) is 15.3. The molecular formula is C15H17N3O2. The van der Waals surface area contributed by atoms with Gasteiger partial charge in [0, 0.05) is 31.7 Å². The SMILES string of the molecule is Cc1ccc(-c2nocc2C(=O)N2CCNCC2)cc1. The maximum atomic E-state index is 12.5. The minimum Gasteiger partial charge on any atom is -0.363 e. The second-order valence-electron chi connectivity index (χ2n) is 4.99. The van der Waals surface area contributed by atoms with Gasteiger partial charge >= 0.3 is 0 Å². The molecule has 0 aliphatic carbocycles. The van der Waals surface area contributed by atoms with Crippen LogP contribution in [0.2, 0.25) is 0 Å². The third kappa shape index (κ3) is 2.44. The van der Waals surface area contributed by atoms with Gasteiger partial charge in [-0.05, 0) is 6.92 Å². The first-order valence-electron chi connectivity index (χ1n) is 6.77. The van der Waals surface area contributed by atoms with Crippen LogP contribution in [-0.4, -0.2) is 42.1 Å². The topological polar surface area (TPSA) is 58.4 Å². The zero-order chi connectivity index (χ0) is 13.9. The summed E-state index contributed by atoms with van der Waals surface area (Å²) in [4.78, 5) is 14.4. The highest BCUT2D eigenvalue weighted by atomic mass is 16.5. The van der Waals surface area contributed by atoms with Crippen molar-refractivity contribution in [2.45, 2.75) is 6.92 Å². The third-order valence-electron chi connectivity index (χ3n) is 3.53. The van der Waals surface area contributed by atoms with Crippen LogP contribution in [0.1, 0.15) is 15.9 Å². The largest absolute Gasteiger partial charge is 0.363 e. The molecule has 0 bridgehead atoms. The fourth-order valence-electron chi connectivity index (χ4n) is 2.35. The van der Waals surface area contributed by atoms with E-state index in [1.807, 2.05) is 36.1 Å². The molecule has 0 spiro atoms. The smallest absolute Gasteiger partial charge is 0.259 e. The van der Waals surface area contributed by atoms with Gasteiger partial charge in [-0.1, -0.05) is 35.0 Å². The molecule has 1 saturated heterocycles. The summed E-state index contributed by atoms with van der Waals surface area (Å²) in [5, 5.41) is 7.23. The van der Waals surface area contributed by atoms with E-state index in [0.29, 0.717) is 11.3 Å². The number of aromatic nitrogens is 1. The fraction of sp³-hybridized carbons (Fsp3) is 0.333. The van der Waals surface area contributed by atoms with Crippen molar-refractivity contribution in [3.8, 4) is 11.3 Å². The summed E-state index contributed by atoms with van der Waals surface area (Å²) >= 11 is 0. The summed E-state index contributed by atoms with van der Waals surface area (Å²) < 4.78 is 5.03. The van der Waals surface area contributed by atoms with Crippen molar-refractivity contribution in [2.75, 3.05) is 26.2 Å². The van der Waals surface area contributed by atoms with Gasteiger partial charge in [-0.2, -0.15) is 0 Å². The van der Waals surface area contributed by atoms with Crippen LogP contribution >= 0.6 is 0 Å². The van der Waals surface area contributed by atoms with E-state index in [4.69, 9.17) is 4.52 Å². The van der Waals surface area contributed by atoms with Crippen molar-refractivity contribution in [3.63, 3.8) is 0 Å². The number of hydrogen-bond donors (Lipinski definition) is 1. The maximum Gasteiger partial charge on any atom is 0.259 e. The van der Waals surface area contributed by atoms with Crippen LogP contribution in [-0.2, 0) is 0 Å². The molecule has 5 nitrogen and oxygen atoms in total. The van der Waals surface area contributed by atoms with Crippen molar-refractivity contribution in [1.82, 2.24) is 15.4 Å². The number of carbonyl (C=O) groups is 1. The number of nitrogens with zero attached hydrogens (tertiary/aromatic N) is 2. The Morgan fingerprint density at radius 2 is 1.95 bits per heavy atom. The Labute approximate surface area is 117 Å². The van der Waals surface area contributed by atoms with E-state index >= 15 is 0 Å². The Morgan fingerprint density at radius 1 is 1.25 bits per heavy atom. The molecule has 1 aliphatic heterocycles. The molecule has 5 heteroatoms. The molecule has 3 rings (SSSR count). The first-order valence-corrected chi connectivity index (χ1v) is 6.77. The van der Waals surface area contributed by atoms with Crippen LogP contribution in [0.25, 0.3) is 11.3 Å². The predicted molar refractivity (Wildman–Crippen MR) is 75.4 cm³/mol. The molecule has 1 amide bonds. The quantitative estimate of drug-likeness (QED) is 0.903. The van der Waals surface area contributed by atoms with Gasteiger partial charge < -0.3 is 14.7 Å². The molecule has 1 aromatic carbocycles. The molecule has 0 unspecified atom stereocenters. The van der Waals surface area contributed by atoms with E-state index in [1.54, 1.807) is 0 Å². The Morgan fingerprint density at radius 3 is 2.65 bits per heavy atom. The van der Waals surface area contributed by atoms with Crippen LogP contribution in [0.3, 0.4) is 0 Å². The number of piperazine rings is 1. The lowest BCUT2D eigenvalue weighted by atomic mass is 10.1. The van der Waals surface area contributed by atoms with Crippen molar-refractivity contribution in [1.29, 1.82) is 0 Å². The number of benzene rings is 1. The Bertz CT molecular complexity index is 598. The van der Waals surface area contributed by atoms with Gasteiger partial charge in [0.25, 0.3) is 5.91 Å². The van der Waals surface area contributed by atoms with Crippen molar-refractivity contribution >= 4 is 5.91 Å². The van der Waals surface area contributed by atoms with E-state index in [9.17, 15) is 4.79 Å². The molecule has 104 valence electrons. The Hall–Kier alpha value is -2.14. The first-order chi connectivity index (χ1) is 9.75. The molecule has 0 radical (unpaired) electrons. The molecule has 1 N–H and O–H groups in total. The summed E-state index contributed by atoms with van der Waals surface area (Å²) in [6.45, 7) is 5.13. The zero-order valence-corrected chi connectivity index (χ0v) is 11.4. The van der Waals surface area contributed by atoms with Gasteiger partial charge in [-0.25, -0.2) is 0 Å². The maximum absolute atomic E-state index is 12.5. The lowest BCUT2D eigenvalue weighted by Crippen LogP contribution is -2.46. The predicted octanol–water partition coefficient (Wildman–Crippen LogP) is 1.70. The van der Waals surface area contributed by atoms with Crippen LogP contribution < -0.4 is 5.32 Å². The lowest BCUT2D eigenvalue weighted by molar-refractivity contribution is 0.0736. The number of rotatable bonds is 2. The number of carbonyl (C=O) groups excluding carboxylic acids is 1. The summed E-state index contributed by atoms with van der Waals surface area (Å²) in [6.07, 6.45) is 1.44. The molecular weight excluding hydrogens is 254 g/mol. The minimum absolute atomic E-state index is 0.0108. The molecule has 0 atom stereocenters. The van der Waals surface area contributed by atoms with Gasteiger partial charge in [0.15, 0.2) is 0 Å². The minimum atomic E-state index is -0.0108. The molecule has 0 saturated carbocycles. The van der Waals surface area contributed by atoms with Crippen LogP contribution in [0.4, 0.5) is 0 Å². The zero-order valence-electron chi connectivity index (χ0n) is 11.4.